The van der Waals surface area contributed by atoms with Crippen LogP contribution in [0.5, 0.6) is 11.5 Å². The molecule has 36 heavy (non-hydrogen) atoms. The summed E-state index contributed by atoms with van der Waals surface area (Å²) in [7, 11) is 0. The minimum absolute atomic E-state index is 0.238. The molecule has 0 radical (unpaired) electrons. The highest BCUT2D eigenvalue weighted by Crippen LogP contribution is 2.35. The van der Waals surface area contributed by atoms with E-state index >= 15 is 0 Å². The molecule has 0 bridgehead atoms. The number of ether oxygens (including phenoxy) is 3. The molecule has 2 aromatic carbocycles. The van der Waals surface area contributed by atoms with E-state index in [-0.39, 0.29) is 24.0 Å². The van der Waals surface area contributed by atoms with Crippen molar-refractivity contribution in [2.45, 2.75) is 13.5 Å². The number of benzene rings is 2. The molecule has 2 aliphatic heterocycles. The van der Waals surface area contributed by atoms with Crippen LogP contribution < -0.4 is 9.47 Å². The molecule has 0 unspecified atom stereocenters. The Kier molecular flexibility index (Phi) is 8.79. The SMILES string of the molecule is CCOc1cc(/C=C2\SC(=O)N(CC(=O)N3CCOCC3)C2=O)ccc1OCc1ccc(Cl)c(Cl)c1. The van der Waals surface area contributed by atoms with Crippen molar-refractivity contribution in [3.05, 3.63) is 62.5 Å². The Morgan fingerprint density at radius 2 is 1.83 bits per heavy atom. The van der Waals surface area contributed by atoms with E-state index < -0.39 is 11.1 Å². The second-order valence-electron chi connectivity index (χ2n) is 7.94. The van der Waals surface area contributed by atoms with E-state index in [1.165, 1.54) is 0 Å². The summed E-state index contributed by atoms with van der Waals surface area (Å²) in [5, 5.41) is 0.438. The zero-order chi connectivity index (χ0) is 25.7. The minimum atomic E-state index is -0.496. The van der Waals surface area contributed by atoms with E-state index in [1.54, 1.807) is 41.3 Å². The zero-order valence-corrected chi connectivity index (χ0v) is 21.8. The average Bonchev–Trinajstić information content (AvgIpc) is 3.13. The maximum Gasteiger partial charge on any atom is 0.294 e. The highest BCUT2D eigenvalue weighted by atomic mass is 35.5. The molecule has 0 spiro atoms. The van der Waals surface area contributed by atoms with Crippen molar-refractivity contribution in [1.82, 2.24) is 9.80 Å². The molecular formula is C25H24Cl2N2O6S. The van der Waals surface area contributed by atoms with Crippen molar-refractivity contribution < 1.29 is 28.6 Å². The van der Waals surface area contributed by atoms with Gasteiger partial charge in [0.05, 0.1) is 34.8 Å². The lowest BCUT2D eigenvalue weighted by atomic mass is 10.1. The molecule has 2 aromatic rings. The third kappa shape index (κ3) is 6.34. The van der Waals surface area contributed by atoms with Gasteiger partial charge in [-0.05, 0) is 60.2 Å². The maximum absolute atomic E-state index is 12.9. The average molecular weight is 551 g/mol. The molecule has 4 rings (SSSR count). The molecule has 0 N–H and O–H groups in total. The second-order valence-corrected chi connectivity index (χ2v) is 9.74. The van der Waals surface area contributed by atoms with Crippen LogP contribution >= 0.6 is 35.0 Å². The van der Waals surface area contributed by atoms with Crippen LogP contribution in [0.15, 0.2) is 41.3 Å². The van der Waals surface area contributed by atoms with Crippen molar-refractivity contribution in [2.75, 3.05) is 39.5 Å². The number of carbonyl (C=O) groups excluding carboxylic acids is 3. The van der Waals surface area contributed by atoms with Gasteiger partial charge in [0.1, 0.15) is 13.2 Å². The summed E-state index contributed by atoms with van der Waals surface area (Å²) in [5.74, 6) is 0.241. The summed E-state index contributed by atoms with van der Waals surface area (Å²) in [6, 6.07) is 10.5. The highest BCUT2D eigenvalue weighted by molar-refractivity contribution is 8.18. The Hall–Kier alpha value is -2.72. The van der Waals surface area contributed by atoms with Crippen molar-refractivity contribution in [3.8, 4) is 11.5 Å². The number of morpholine rings is 1. The highest BCUT2D eigenvalue weighted by Gasteiger charge is 2.37. The lowest BCUT2D eigenvalue weighted by Gasteiger charge is -2.28. The number of halogens is 2. The molecule has 2 heterocycles. The number of rotatable bonds is 8. The van der Waals surface area contributed by atoms with E-state index in [1.807, 2.05) is 13.0 Å². The Morgan fingerprint density at radius 3 is 2.56 bits per heavy atom. The van der Waals surface area contributed by atoms with Gasteiger partial charge in [0.15, 0.2) is 11.5 Å². The van der Waals surface area contributed by atoms with Gasteiger partial charge in [-0.3, -0.25) is 19.3 Å². The third-order valence-electron chi connectivity index (χ3n) is 5.47. The van der Waals surface area contributed by atoms with E-state index in [0.29, 0.717) is 60.0 Å². The number of imide groups is 1. The van der Waals surface area contributed by atoms with Crippen LogP contribution in [0, 0.1) is 0 Å². The smallest absolute Gasteiger partial charge is 0.294 e. The van der Waals surface area contributed by atoms with Gasteiger partial charge in [-0.25, -0.2) is 0 Å². The van der Waals surface area contributed by atoms with Gasteiger partial charge < -0.3 is 19.1 Å². The Labute approximate surface area is 223 Å². The first-order valence-electron chi connectivity index (χ1n) is 11.3. The van der Waals surface area contributed by atoms with E-state index in [9.17, 15) is 14.4 Å². The standard InChI is InChI=1S/C25H24Cl2N2O6S/c1-2-34-21-12-16(4-6-20(21)35-15-17-3-5-18(26)19(27)11-17)13-22-24(31)29(25(32)36-22)14-23(30)28-7-9-33-10-8-28/h3-6,11-13H,2,7-10,14-15H2,1H3/b22-13-. The second kappa shape index (κ2) is 12.0. The molecule has 0 saturated carbocycles. The lowest BCUT2D eigenvalue weighted by molar-refractivity contribution is -0.139. The van der Waals surface area contributed by atoms with Crippen LogP contribution in [0.3, 0.4) is 0 Å². The summed E-state index contributed by atoms with van der Waals surface area (Å²) in [6.07, 6.45) is 1.61. The molecule has 2 aliphatic rings. The molecule has 190 valence electrons. The topological polar surface area (TPSA) is 85.4 Å². The van der Waals surface area contributed by atoms with E-state index in [4.69, 9.17) is 37.4 Å². The lowest BCUT2D eigenvalue weighted by Crippen LogP contribution is -2.46. The fraction of sp³-hybridized carbons (Fsp3) is 0.320. The van der Waals surface area contributed by atoms with Crippen LogP contribution in [-0.4, -0.2) is 66.3 Å². The summed E-state index contributed by atoms with van der Waals surface area (Å²) in [5.41, 5.74) is 1.50. The summed E-state index contributed by atoms with van der Waals surface area (Å²) < 4.78 is 16.9. The van der Waals surface area contributed by atoms with Gasteiger partial charge in [0.25, 0.3) is 11.1 Å². The van der Waals surface area contributed by atoms with Gasteiger partial charge in [-0.15, -0.1) is 0 Å². The van der Waals surface area contributed by atoms with Crippen molar-refractivity contribution in [3.63, 3.8) is 0 Å². The van der Waals surface area contributed by atoms with E-state index in [2.05, 4.69) is 0 Å². The number of hydrogen-bond donors (Lipinski definition) is 0. The Bertz CT molecular complexity index is 1200. The number of hydrogen-bond acceptors (Lipinski definition) is 7. The van der Waals surface area contributed by atoms with Crippen molar-refractivity contribution >= 4 is 58.1 Å². The largest absolute Gasteiger partial charge is 0.490 e. The fourth-order valence-electron chi connectivity index (χ4n) is 3.63. The number of thioether (sulfide) groups is 1. The summed E-state index contributed by atoms with van der Waals surface area (Å²) >= 11 is 12.9. The molecule has 3 amide bonds. The van der Waals surface area contributed by atoms with Crippen LogP contribution in [0.4, 0.5) is 4.79 Å². The molecule has 0 atom stereocenters. The molecule has 8 nitrogen and oxygen atoms in total. The fourth-order valence-corrected chi connectivity index (χ4v) is 4.79. The molecule has 2 saturated heterocycles. The molecular weight excluding hydrogens is 527 g/mol. The van der Waals surface area contributed by atoms with Gasteiger partial charge >= 0.3 is 0 Å². The summed E-state index contributed by atoms with van der Waals surface area (Å²) in [6.45, 7) is 4.03. The zero-order valence-electron chi connectivity index (χ0n) is 19.5. The predicted molar refractivity (Wildman–Crippen MR) is 138 cm³/mol. The number of carbonyl (C=O) groups is 3. The van der Waals surface area contributed by atoms with Crippen molar-refractivity contribution in [1.29, 1.82) is 0 Å². The molecule has 11 heteroatoms. The quantitative estimate of drug-likeness (QED) is 0.433. The Morgan fingerprint density at radius 1 is 1.06 bits per heavy atom. The van der Waals surface area contributed by atoms with Crippen LogP contribution in [0.1, 0.15) is 18.1 Å². The summed E-state index contributed by atoms with van der Waals surface area (Å²) in [4.78, 5) is 40.7. The van der Waals surface area contributed by atoms with Crippen molar-refractivity contribution in [2.24, 2.45) is 0 Å². The molecule has 0 aliphatic carbocycles. The first-order valence-corrected chi connectivity index (χ1v) is 12.9. The molecule has 0 aromatic heterocycles. The number of amides is 3. The molecule has 2 fully saturated rings. The Balaban J connectivity index is 1.46. The maximum atomic E-state index is 12.9. The van der Waals surface area contributed by atoms with Gasteiger partial charge in [0, 0.05) is 13.1 Å². The minimum Gasteiger partial charge on any atom is -0.490 e. The first kappa shape index (κ1) is 26.3. The van der Waals surface area contributed by atoms with Crippen LogP contribution in [0.25, 0.3) is 6.08 Å². The normalized spacial score (nSPS) is 17.1. The van der Waals surface area contributed by atoms with Gasteiger partial charge in [-0.2, -0.15) is 0 Å². The van der Waals surface area contributed by atoms with Crippen LogP contribution in [0.2, 0.25) is 10.0 Å². The monoisotopic (exact) mass is 550 g/mol. The van der Waals surface area contributed by atoms with E-state index in [0.717, 1.165) is 22.2 Å². The first-order chi connectivity index (χ1) is 17.4. The predicted octanol–water partition coefficient (Wildman–Crippen LogP) is 4.87. The van der Waals surface area contributed by atoms with Crippen LogP contribution in [-0.2, 0) is 20.9 Å². The number of nitrogens with zero attached hydrogens (tertiary/aromatic N) is 2. The van der Waals surface area contributed by atoms with Gasteiger partial charge in [0.2, 0.25) is 5.91 Å². The van der Waals surface area contributed by atoms with Gasteiger partial charge in [-0.1, -0.05) is 35.3 Å². The third-order valence-corrected chi connectivity index (χ3v) is 7.12.